The summed E-state index contributed by atoms with van der Waals surface area (Å²) in [5.74, 6) is -0.838. The Bertz CT molecular complexity index is 661. The zero-order chi connectivity index (χ0) is 12.0. The molecule has 1 aromatic heterocycles. The molecule has 0 N–H and O–H groups in total. The van der Waals surface area contributed by atoms with Crippen molar-refractivity contribution in [1.82, 2.24) is 8.75 Å². The van der Waals surface area contributed by atoms with Gasteiger partial charge >= 0.3 is 0 Å². The van der Waals surface area contributed by atoms with Crippen molar-refractivity contribution in [3.63, 3.8) is 0 Å². The van der Waals surface area contributed by atoms with E-state index in [2.05, 4.69) is 8.75 Å². The number of anilines is 1. The predicted octanol–water partition coefficient (Wildman–Crippen LogP) is 1.77. The van der Waals surface area contributed by atoms with E-state index in [0.717, 1.165) is 16.6 Å². The third-order valence-corrected chi connectivity index (χ3v) is 3.23. The summed E-state index contributed by atoms with van der Waals surface area (Å²) >= 11 is 7.04. The van der Waals surface area contributed by atoms with Crippen molar-refractivity contribution < 1.29 is 9.59 Å². The van der Waals surface area contributed by atoms with Crippen LogP contribution in [0.4, 0.5) is 5.69 Å². The highest BCUT2D eigenvalue weighted by atomic mass is 35.5. The average Bonchev–Trinajstić information content (AvgIpc) is 2.88. The van der Waals surface area contributed by atoms with Crippen LogP contribution in [0.15, 0.2) is 24.3 Å². The lowest BCUT2D eigenvalue weighted by atomic mass is 10.2. The molecule has 2 heterocycles. The fourth-order valence-electron chi connectivity index (χ4n) is 1.65. The fourth-order valence-corrected chi connectivity index (χ4v) is 2.42. The second-order valence-electron chi connectivity index (χ2n) is 3.37. The summed E-state index contributed by atoms with van der Waals surface area (Å²) in [4.78, 5) is 24.2. The number of halogens is 1. The van der Waals surface area contributed by atoms with Crippen LogP contribution < -0.4 is 4.90 Å². The first kappa shape index (κ1) is 10.4. The van der Waals surface area contributed by atoms with E-state index in [1.807, 2.05) is 0 Å². The minimum Gasteiger partial charge on any atom is -0.269 e. The van der Waals surface area contributed by atoms with Crippen molar-refractivity contribution in [2.75, 3.05) is 4.90 Å². The molecule has 3 rings (SSSR count). The van der Waals surface area contributed by atoms with Crippen LogP contribution in [0, 0.1) is 0 Å². The predicted molar refractivity (Wildman–Crippen MR) is 64.1 cm³/mol. The van der Waals surface area contributed by atoms with Gasteiger partial charge in [-0.15, -0.1) is 0 Å². The smallest absolute Gasteiger partial charge is 0.258 e. The fraction of sp³-hybridized carbons (Fsp3) is 0. The zero-order valence-corrected chi connectivity index (χ0v) is 9.83. The number of amides is 2. The van der Waals surface area contributed by atoms with Gasteiger partial charge in [-0.25, -0.2) is 4.90 Å². The molecule has 0 saturated heterocycles. The first-order valence-corrected chi connectivity index (χ1v) is 5.76. The summed E-state index contributed by atoms with van der Waals surface area (Å²) in [5.41, 5.74) is 1.38. The first-order valence-electron chi connectivity index (χ1n) is 4.65. The molecule has 17 heavy (non-hydrogen) atoms. The van der Waals surface area contributed by atoms with E-state index < -0.39 is 11.8 Å². The van der Waals surface area contributed by atoms with Gasteiger partial charge in [-0.1, -0.05) is 11.6 Å². The summed E-state index contributed by atoms with van der Waals surface area (Å²) in [6.45, 7) is 0. The molecule has 2 amide bonds. The van der Waals surface area contributed by atoms with Crippen molar-refractivity contribution in [2.45, 2.75) is 0 Å². The highest BCUT2D eigenvalue weighted by Gasteiger charge is 2.29. The van der Waals surface area contributed by atoms with Crippen molar-refractivity contribution >= 4 is 51.9 Å². The van der Waals surface area contributed by atoms with Crippen LogP contribution in [0.2, 0.25) is 5.02 Å². The molecule has 1 aromatic carbocycles. The van der Waals surface area contributed by atoms with Gasteiger partial charge in [0.2, 0.25) is 0 Å². The maximum absolute atomic E-state index is 11.6. The van der Waals surface area contributed by atoms with Crippen LogP contribution in [0.1, 0.15) is 0 Å². The second-order valence-corrected chi connectivity index (χ2v) is 4.31. The van der Waals surface area contributed by atoms with E-state index in [4.69, 9.17) is 11.6 Å². The van der Waals surface area contributed by atoms with Gasteiger partial charge in [-0.3, -0.25) is 9.59 Å². The third-order valence-electron chi connectivity index (χ3n) is 2.38. The van der Waals surface area contributed by atoms with Gasteiger partial charge in [0.15, 0.2) is 0 Å². The second kappa shape index (κ2) is 3.61. The van der Waals surface area contributed by atoms with Gasteiger partial charge in [0.25, 0.3) is 11.8 Å². The maximum atomic E-state index is 11.6. The standard InChI is InChI=1S/C10H4ClN3O2S/c11-5-1-2-6-9(13-17-12-6)10(5)14-7(15)3-4-8(14)16/h1-4H. The van der Waals surface area contributed by atoms with Crippen molar-refractivity contribution in [1.29, 1.82) is 0 Å². The van der Waals surface area contributed by atoms with E-state index in [1.54, 1.807) is 12.1 Å². The highest BCUT2D eigenvalue weighted by molar-refractivity contribution is 7.00. The molecule has 0 fully saturated rings. The Morgan fingerprint density at radius 3 is 2.53 bits per heavy atom. The van der Waals surface area contributed by atoms with Crippen LogP contribution in [0.3, 0.4) is 0 Å². The zero-order valence-electron chi connectivity index (χ0n) is 8.25. The molecule has 2 aromatic rings. The summed E-state index contributed by atoms with van der Waals surface area (Å²) in [6.07, 6.45) is 2.41. The topological polar surface area (TPSA) is 63.2 Å². The molecule has 0 aliphatic carbocycles. The SMILES string of the molecule is O=C1C=CC(=O)N1c1c(Cl)ccc2nsnc12. The van der Waals surface area contributed by atoms with Crippen LogP contribution in [0.25, 0.3) is 11.0 Å². The minimum absolute atomic E-state index is 0.301. The van der Waals surface area contributed by atoms with Gasteiger partial charge in [0, 0.05) is 12.2 Å². The summed E-state index contributed by atoms with van der Waals surface area (Å²) in [5, 5.41) is 0.301. The Balaban J connectivity index is 2.29. The lowest BCUT2D eigenvalue weighted by molar-refractivity contribution is -0.119. The van der Waals surface area contributed by atoms with Crippen LogP contribution in [-0.4, -0.2) is 20.6 Å². The number of aromatic nitrogens is 2. The number of carbonyl (C=O) groups excluding carboxylic acids is 2. The lowest BCUT2D eigenvalue weighted by Gasteiger charge is -2.15. The average molecular weight is 266 g/mol. The number of carbonyl (C=O) groups is 2. The van der Waals surface area contributed by atoms with Gasteiger partial charge in [0.1, 0.15) is 16.7 Å². The molecular formula is C10H4ClN3O2S. The number of rotatable bonds is 1. The van der Waals surface area contributed by atoms with Crippen LogP contribution in [-0.2, 0) is 9.59 Å². The largest absolute Gasteiger partial charge is 0.269 e. The lowest BCUT2D eigenvalue weighted by Crippen LogP contribution is -2.30. The third kappa shape index (κ3) is 1.45. The molecule has 5 nitrogen and oxygen atoms in total. The van der Waals surface area contributed by atoms with Crippen LogP contribution in [0.5, 0.6) is 0 Å². The van der Waals surface area contributed by atoms with Gasteiger partial charge in [-0.05, 0) is 12.1 Å². The minimum atomic E-state index is -0.419. The van der Waals surface area contributed by atoms with Gasteiger partial charge in [0.05, 0.1) is 16.8 Å². The normalized spacial score (nSPS) is 15.2. The molecule has 84 valence electrons. The molecule has 0 bridgehead atoms. The Labute approximate surface area is 105 Å². The number of hydrogen-bond donors (Lipinski definition) is 0. The van der Waals surface area contributed by atoms with Crippen LogP contribution >= 0.6 is 23.3 Å². The van der Waals surface area contributed by atoms with Crippen molar-refractivity contribution in [3.8, 4) is 0 Å². The molecular weight excluding hydrogens is 262 g/mol. The Morgan fingerprint density at radius 1 is 1.12 bits per heavy atom. The Kier molecular flexibility index (Phi) is 2.20. The van der Waals surface area contributed by atoms with Crippen molar-refractivity contribution in [2.24, 2.45) is 0 Å². The summed E-state index contributed by atoms with van der Waals surface area (Å²) < 4.78 is 8.11. The van der Waals surface area contributed by atoms with E-state index in [9.17, 15) is 9.59 Å². The number of nitrogens with zero attached hydrogens (tertiary/aromatic N) is 3. The number of fused-ring (bicyclic) bond motifs is 1. The number of hydrogen-bond acceptors (Lipinski definition) is 5. The summed E-state index contributed by atoms with van der Waals surface area (Å²) in [7, 11) is 0. The molecule has 1 aliphatic heterocycles. The van der Waals surface area contributed by atoms with E-state index >= 15 is 0 Å². The molecule has 0 radical (unpaired) electrons. The molecule has 1 aliphatic rings. The summed E-state index contributed by atoms with van der Waals surface area (Å²) in [6, 6.07) is 3.29. The van der Waals surface area contributed by atoms with Gasteiger partial charge in [-0.2, -0.15) is 8.75 Å². The maximum Gasteiger partial charge on any atom is 0.258 e. The number of benzene rings is 1. The van der Waals surface area contributed by atoms with Crippen molar-refractivity contribution in [3.05, 3.63) is 29.3 Å². The molecule has 0 spiro atoms. The highest BCUT2D eigenvalue weighted by Crippen LogP contribution is 2.34. The van der Waals surface area contributed by atoms with Gasteiger partial charge < -0.3 is 0 Å². The Hall–Kier alpha value is -1.79. The number of imide groups is 1. The quantitative estimate of drug-likeness (QED) is 0.737. The molecule has 0 atom stereocenters. The first-order chi connectivity index (χ1) is 8.18. The van der Waals surface area contributed by atoms with E-state index in [1.165, 1.54) is 12.2 Å². The van der Waals surface area contributed by atoms with E-state index in [0.29, 0.717) is 21.7 Å². The Morgan fingerprint density at radius 2 is 1.82 bits per heavy atom. The molecule has 7 heteroatoms. The molecule has 0 saturated carbocycles. The monoisotopic (exact) mass is 265 g/mol. The molecule has 0 unspecified atom stereocenters. The van der Waals surface area contributed by atoms with E-state index in [-0.39, 0.29) is 0 Å².